The summed E-state index contributed by atoms with van der Waals surface area (Å²) in [6, 6.07) is 16.6. The molecule has 0 aliphatic rings. The van der Waals surface area contributed by atoms with Crippen LogP contribution in [0.4, 0.5) is 0 Å². The summed E-state index contributed by atoms with van der Waals surface area (Å²) < 4.78 is 11.0. The Morgan fingerprint density at radius 1 is 0.692 bits per heavy atom. The lowest BCUT2D eigenvalue weighted by Gasteiger charge is -2.26. The SMILES string of the molecule is C#CCOc1ccc([C@@H](CC)[C@H](CC)c2ccc(OCC#C)cc2)cc1. The molecule has 0 aliphatic carbocycles. The van der Waals surface area contributed by atoms with Crippen molar-refractivity contribution in [2.45, 2.75) is 38.5 Å². The molecule has 0 radical (unpaired) electrons. The quantitative estimate of drug-likeness (QED) is 0.566. The highest BCUT2D eigenvalue weighted by atomic mass is 16.5. The molecule has 0 saturated heterocycles. The molecule has 26 heavy (non-hydrogen) atoms. The van der Waals surface area contributed by atoms with Crippen LogP contribution in [0, 0.1) is 24.7 Å². The number of rotatable bonds is 9. The standard InChI is InChI=1S/C24H26O2/c1-5-17-25-21-13-9-19(10-14-21)23(7-3)24(8-4)20-11-15-22(16-12-20)26-18-6-2/h1-2,9-16,23-24H,7-8,17-18H2,3-4H3/t23-,24-/m1/s1. The highest BCUT2D eigenvalue weighted by Gasteiger charge is 2.22. The van der Waals surface area contributed by atoms with Crippen LogP contribution in [0.3, 0.4) is 0 Å². The molecular weight excluding hydrogens is 320 g/mol. The zero-order chi connectivity index (χ0) is 18.8. The fourth-order valence-electron chi connectivity index (χ4n) is 3.38. The average molecular weight is 346 g/mol. The summed E-state index contributed by atoms with van der Waals surface area (Å²) in [6.07, 6.45) is 12.6. The number of ether oxygens (including phenoxy) is 2. The third kappa shape index (κ3) is 5.08. The van der Waals surface area contributed by atoms with Gasteiger partial charge in [0.05, 0.1) is 0 Å². The molecule has 134 valence electrons. The Labute approximate surface area is 157 Å². The first-order valence-electron chi connectivity index (χ1n) is 9.05. The molecule has 0 unspecified atom stereocenters. The van der Waals surface area contributed by atoms with Gasteiger partial charge < -0.3 is 9.47 Å². The Hall–Kier alpha value is -2.84. The van der Waals surface area contributed by atoms with E-state index in [4.69, 9.17) is 22.3 Å². The second-order valence-corrected chi connectivity index (χ2v) is 6.15. The first-order chi connectivity index (χ1) is 12.7. The number of benzene rings is 2. The fourth-order valence-corrected chi connectivity index (χ4v) is 3.38. The van der Waals surface area contributed by atoms with E-state index in [2.05, 4.69) is 50.0 Å². The summed E-state index contributed by atoms with van der Waals surface area (Å²) in [7, 11) is 0. The summed E-state index contributed by atoms with van der Waals surface area (Å²) in [6.45, 7) is 5.06. The van der Waals surface area contributed by atoms with Gasteiger partial charge in [-0.3, -0.25) is 0 Å². The van der Waals surface area contributed by atoms with Crippen LogP contribution >= 0.6 is 0 Å². The maximum absolute atomic E-state index is 5.48. The van der Waals surface area contributed by atoms with Crippen molar-refractivity contribution >= 4 is 0 Å². The van der Waals surface area contributed by atoms with Gasteiger partial charge in [0.25, 0.3) is 0 Å². The third-order valence-corrected chi connectivity index (χ3v) is 4.63. The van der Waals surface area contributed by atoms with Gasteiger partial charge in [0.1, 0.15) is 24.7 Å². The number of hydrogen-bond acceptors (Lipinski definition) is 2. The van der Waals surface area contributed by atoms with Crippen molar-refractivity contribution in [1.82, 2.24) is 0 Å². The van der Waals surface area contributed by atoms with Gasteiger partial charge in [-0.15, -0.1) is 12.8 Å². The van der Waals surface area contributed by atoms with Crippen molar-refractivity contribution in [3.8, 4) is 36.2 Å². The van der Waals surface area contributed by atoms with Crippen LogP contribution in [0.1, 0.15) is 49.7 Å². The highest BCUT2D eigenvalue weighted by molar-refractivity contribution is 5.35. The maximum Gasteiger partial charge on any atom is 0.148 e. The summed E-state index contributed by atoms with van der Waals surface area (Å²) in [4.78, 5) is 0. The van der Waals surface area contributed by atoms with E-state index < -0.39 is 0 Å². The van der Waals surface area contributed by atoms with Gasteiger partial charge in [-0.05, 0) is 60.1 Å². The zero-order valence-electron chi connectivity index (χ0n) is 15.6. The van der Waals surface area contributed by atoms with Crippen molar-refractivity contribution < 1.29 is 9.47 Å². The third-order valence-electron chi connectivity index (χ3n) is 4.63. The van der Waals surface area contributed by atoms with Crippen LogP contribution < -0.4 is 9.47 Å². The van der Waals surface area contributed by atoms with Crippen LogP contribution in [0.2, 0.25) is 0 Å². The molecule has 2 aromatic carbocycles. The van der Waals surface area contributed by atoms with Crippen molar-refractivity contribution in [1.29, 1.82) is 0 Å². The normalized spacial score (nSPS) is 12.5. The molecule has 0 amide bonds. The minimum Gasteiger partial charge on any atom is -0.481 e. The van der Waals surface area contributed by atoms with E-state index in [-0.39, 0.29) is 0 Å². The van der Waals surface area contributed by atoms with Crippen LogP contribution in [0.15, 0.2) is 48.5 Å². The Morgan fingerprint density at radius 2 is 1.04 bits per heavy atom. The molecule has 0 heterocycles. The summed E-state index contributed by atoms with van der Waals surface area (Å²) in [5.41, 5.74) is 2.64. The van der Waals surface area contributed by atoms with Gasteiger partial charge in [0.15, 0.2) is 0 Å². The molecular formula is C24H26O2. The molecule has 2 heteroatoms. The van der Waals surface area contributed by atoms with Crippen molar-refractivity contribution in [2.75, 3.05) is 13.2 Å². The molecule has 0 aromatic heterocycles. The molecule has 0 saturated carbocycles. The minimum absolute atomic E-state index is 0.294. The Morgan fingerprint density at radius 3 is 1.31 bits per heavy atom. The smallest absolute Gasteiger partial charge is 0.148 e. The lowest BCUT2D eigenvalue weighted by Crippen LogP contribution is -2.10. The van der Waals surface area contributed by atoms with Crippen LogP contribution in [0.25, 0.3) is 0 Å². The first-order valence-corrected chi connectivity index (χ1v) is 9.05. The molecule has 0 fully saturated rings. The first kappa shape index (κ1) is 19.5. The maximum atomic E-state index is 5.48. The molecule has 2 atom stereocenters. The minimum atomic E-state index is 0.294. The van der Waals surface area contributed by atoms with Gasteiger partial charge in [0, 0.05) is 0 Å². The molecule has 0 N–H and O–H groups in total. The summed E-state index contributed by atoms with van der Waals surface area (Å²) in [5.74, 6) is 7.48. The van der Waals surface area contributed by atoms with Gasteiger partial charge in [-0.1, -0.05) is 50.0 Å². The predicted octanol–water partition coefficient (Wildman–Crippen LogP) is 5.40. The summed E-state index contributed by atoms with van der Waals surface area (Å²) in [5, 5.41) is 0. The second kappa shape index (κ2) is 10.2. The van der Waals surface area contributed by atoms with Gasteiger partial charge >= 0.3 is 0 Å². The van der Waals surface area contributed by atoms with E-state index in [0.717, 1.165) is 24.3 Å². The predicted molar refractivity (Wildman–Crippen MR) is 108 cm³/mol. The van der Waals surface area contributed by atoms with E-state index in [9.17, 15) is 0 Å². The van der Waals surface area contributed by atoms with Crippen LogP contribution in [0.5, 0.6) is 11.5 Å². The highest BCUT2D eigenvalue weighted by Crippen LogP contribution is 2.38. The molecule has 0 bridgehead atoms. The molecule has 0 spiro atoms. The number of terminal acetylenes is 2. The van der Waals surface area contributed by atoms with E-state index >= 15 is 0 Å². The largest absolute Gasteiger partial charge is 0.481 e. The lowest BCUT2D eigenvalue weighted by molar-refractivity contribution is 0.369. The molecule has 2 nitrogen and oxygen atoms in total. The van der Waals surface area contributed by atoms with E-state index in [1.54, 1.807) is 0 Å². The van der Waals surface area contributed by atoms with Crippen LogP contribution in [-0.4, -0.2) is 13.2 Å². The monoisotopic (exact) mass is 346 g/mol. The summed E-state index contributed by atoms with van der Waals surface area (Å²) >= 11 is 0. The van der Waals surface area contributed by atoms with Gasteiger partial charge in [-0.25, -0.2) is 0 Å². The van der Waals surface area contributed by atoms with E-state index in [0.29, 0.717) is 25.0 Å². The lowest BCUT2D eigenvalue weighted by atomic mass is 9.78. The van der Waals surface area contributed by atoms with Gasteiger partial charge in [-0.2, -0.15) is 0 Å². The van der Waals surface area contributed by atoms with E-state index in [1.807, 2.05) is 24.3 Å². The van der Waals surface area contributed by atoms with Crippen LogP contribution in [-0.2, 0) is 0 Å². The topological polar surface area (TPSA) is 18.5 Å². The van der Waals surface area contributed by atoms with Crippen molar-refractivity contribution in [3.05, 3.63) is 59.7 Å². The second-order valence-electron chi connectivity index (χ2n) is 6.15. The van der Waals surface area contributed by atoms with Gasteiger partial charge in [0.2, 0.25) is 0 Å². The Bertz CT molecular complexity index is 677. The average Bonchev–Trinajstić information content (AvgIpc) is 2.70. The number of hydrogen-bond donors (Lipinski definition) is 0. The molecule has 2 rings (SSSR count). The van der Waals surface area contributed by atoms with Crippen molar-refractivity contribution in [3.63, 3.8) is 0 Å². The van der Waals surface area contributed by atoms with Crippen molar-refractivity contribution in [2.24, 2.45) is 0 Å². The fraction of sp³-hybridized carbons (Fsp3) is 0.333. The Balaban J connectivity index is 2.17. The molecule has 2 aromatic rings. The van der Waals surface area contributed by atoms with E-state index in [1.165, 1.54) is 11.1 Å². The molecule has 0 aliphatic heterocycles. The Kier molecular flexibility index (Phi) is 7.66. The zero-order valence-corrected chi connectivity index (χ0v) is 15.6.